The lowest BCUT2D eigenvalue weighted by molar-refractivity contribution is 0.0680. The van der Waals surface area contributed by atoms with Crippen molar-refractivity contribution in [2.24, 2.45) is 0 Å². The number of ether oxygens (including phenoxy) is 1. The van der Waals surface area contributed by atoms with Crippen LogP contribution in [0.2, 0.25) is 0 Å². The third kappa shape index (κ3) is 1.90. The van der Waals surface area contributed by atoms with Crippen molar-refractivity contribution in [1.82, 2.24) is 4.57 Å². The Bertz CT molecular complexity index is 364. The lowest BCUT2D eigenvalue weighted by atomic mass is 10.1. The molecule has 1 aromatic rings. The number of hydrogen-bond acceptors (Lipinski definition) is 2. The summed E-state index contributed by atoms with van der Waals surface area (Å²) in [5, 5.41) is 8.94. The smallest absolute Gasteiger partial charge is 0.337 e. The van der Waals surface area contributed by atoms with Crippen molar-refractivity contribution in [3.05, 3.63) is 23.5 Å². The normalized spacial score (nSPS) is 17.9. The largest absolute Gasteiger partial charge is 0.478 e. The Labute approximate surface area is 88.5 Å². The van der Waals surface area contributed by atoms with E-state index in [1.54, 1.807) is 6.07 Å². The van der Waals surface area contributed by atoms with Crippen LogP contribution in [0.5, 0.6) is 0 Å². The van der Waals surface area contributed by atoms with Crippen LogP contribution in [-0.4, -0.2) is 28.9 Å². The van der Waals surface area contributed by atoms with Gasteiger partial charge in [-0.1, -0.05) is 0 Å². The fourth-order valence-corrected chi connectivity index (χ4v) is 2.11. The van der Waals surface area contributed by atoms with Crippen LogP contribution < -0.4 is 0 Å². The maximum Gasteiger partial charge on any atom is 0.337 e. The van der Waals surface area contributed by atoms with E-state index in [1.807, 2.05) is 13.1 Å². The van der Waals surface area contributed by atoms with Crippen molar-refractivity contribution < 1.29 is 14.6 Å². The summed E-state index contributed by atoms with van der Waals surface area (Å²) < 4.78 is 7.35. The molecule has 0 bridgehead atoms. The van der Waals surface area contributed by atoms with Gasteiger partial charge in [-0.3, -0.25) is 0 Å². The van der Waals surface area contributed by atoms with Crippen molar-refractivity contribution in [1.29, 1.82) is 0 Å². The molecule has 1 aliphatic heterocycles. The van der Waals surface area contributed by atoms with Crippen molar-refractivity contribution >= 4 is 5.97 Å². The number of rotatable bonds is 2. The van der Waals surface area contributed by atoms with E-state index < -0.39 is 5.97 Å². The van der Waals surface area contributed by atoms with Gasteiger partial charge in [-0.2, -0.15) is 0 Å². The molecule has 1 aliphatic rings. The molecule has 15 heavy (non-hydrogen) atoms. The number of aromatic nitrogens is 1. The van der Waals surface area contributed by atoms with Crippen molar-refractivity contribution in [3.63, 3.8) is 0 Å². The topological polar surface area (TPSA) is 51.5 Å². The quantitative estimate of drug-likeness (QED) is 0.808. The minimum atomic E-state index is -0.849. The van der Waals surface area contributed by atoms with Crippen LogP contribution in [0.4, 0.5) is 0 Å². The molecule has 1 saturated heterocycles. The first-order valence-electron chi connectivity index (χ1n) is 5.18. The standard InChI is InChI=1S/C11H15NO3/c1-8-10(11(13)14)2-5-12(8)9-3-6-15-7-4-9/h2,5,9H,3-4,6-7H2,1H3,(H,13,14). The Balaban J connectivity index is 2.24. The first-order chi connectivity index (χ1) is 7.20. The molecule has 0 radical (unpaired) electrons. The maximum absolute atomic E-state index is 10.9. The Morgan fingerprint density at radius 1 is 1.53 bits per heavy atom. The summed E-state index contributed by atoms with van der Waals surface area (Å²) in [5.41, 5.74) is 1.25. The summed E-state index contributed by atoms with van der Waals surface area (Å²) in [5.74, 6) is -0.849. The number of hydrogen-bond donors (Lipinski definition) is 1. The molecule has 4 heteroatoms. The lowest BCUT2D eigenvalue weighted by Gasteiger charge is -2.25. The van der Waals surface area contributed by atoms with Crippen LogP contribution in [0.1, 0.15) is 34.9 Å². The second-order valence-electron chi connectivity index (χ2n) is 3.87. The Morgan fingerprint density at radius 3 is 2.73 bits per heavy atom. The van der Waals surface area contributed by atoms with Crippen LogP contribution >= 0.6 is 0 Å². The van der Waals surface area contributed by atoms with E-state index in [4.69, 9.17) is 9.84 Å². The average molecular weight is 209 g/mol. The van der Waals surface area contributed by atoms with E-state index in [2.05, 4.69) is 4.57 Å². The molecule has 1 N–H and O–H groups in total. The summed E-state index contributed by atoms with van der Waals surface area (Å²) in [7, 11) is 0. The predicted molar refractivity (Wildman–Crippen MR) is 55.2 cm³/mol. The zero-order valence-electron chi connectivity index (χ0n) is 8.77. The highest BCUT2D eigenvalue weighted by molar-refractivity contribution is 5.88. The van der Waals surface area contributed by atoms with Gasteiger partial charge in [0.05, 0.1) is 5.56 Å². The summed E-state index contributed by atoms with van der Waals surface area (Å²) >= 11 is 0. The summed E-state index contributed by atoms with van der Waals surface area (Å²) in [6, 6.07) is 2.07. The van der Waals surface area contributed by atoms with Gasteiger partial charge >= 0.3 is 5.97 Å². The third-order valence-corrected chi connectivity index (χ3v) is 2.99. The van der Waals surface area contributed by atoms with Crippen molar-refractivity contribution in [2.75, 3.05) is 13.2 Å². The van der Waals surface area contributed by atoms with Crippen LogP contribution in [0.25, 0.3) is 0 Å². The van der Waals surface area contributed by atoms with Gasteiger partial charge in [0, 0.05) is 31.1 Å². The summed E-state index contributed by atoms with van der Waals surface area (Å²) in [6.45, 7) is 3.40. The van der Waals surface area contributed by atoms with Crippen LogP contribution in [0, 0.1) is 6.92 Å². The minimum Gasteiger partial charge on any atom is -0.478 e. The molecule has 4 nitrogen and oxygen atoms in total. The van der Waals surface area contributed by atoms with Crippen molar-refractivity contribution in [2.45, 2.75) is 25.8 Å². The fourth-order valence-electron chi connectivity index (χ4n) is 2.11. The molecular formula is C11H15NO3. The van der Waals surface area contributed by atoms with E-state index in [-0.39, 0.29) is 0 Å². The molecule has 1 fully saturated rings. The van der Waals surface area contributed by atoms with E-state index in [0.29, 0.717) is 11.6 Å². The predicted octanol–water partition coefficient (Wildman–Crippen LogP) is 1.85. The second-order valence-corrected chi connectivity index (χ2v) is 3.87. The van der Waals surface area contributed by atoms with Gasteiger partial charge in [0.25, 0.3) is 0 Å². The Kier molecular flexibility index (Phi) is 2.77. The monoisotopic (exact) mass is 209 g/mol. The third-order valence-electron chi connectivity index (χ3n) is 2.99. The van der Waals surface area contributed by atoms with Gasteiger partial charge in [-0.25, -0.2) is 4.79 Å². The van der Waals surface area contributed by atoms with E-state index in [0.717, 1.165) is 31.7 Å². The highest BCUT2D eigenvalue weighted by atomic mass is 16.5. The molecule has 0 atom stereocenters. The molecule has 0 spiro atoms. The minimum absolute atomic E-state index is 0.395. The SMILES string of the molecule is Cc1c(C(=O)O)ccn1C1CCOCC1. The molecule has 0 saturated carbocycles. The van der Waals surface area contributed by atoms with Gasteiger partial charge in [-0.05, 0) is 25.8 Å². The first-order valence-corrected chi connectivity index (χ1v) is 5.18. The number of nitrogens with zero attached hydrogens (tertiary/aromatic N) is 1. The van der Waals surface area contributed by atoms with Gasteiger partial charge in [0.2, 0.25) is 0 Å². The van der Waals surface area contributed by atoms with Crippen LogP contribution in [0.15, 0.2) is 12.3 Å². The molecule has 82 valence electrons. The molecule has 2 rings (SSSR count). The number of aromatic carboxylic acids is 1. The number of carboxylic acid groups (broad SMARTS) is 1. The molecule has 1 aromatic heterocycles. The Hall–Kier alpha value is -1.29. The van der Waals surface area contributed by atoms with Gasteiger partial charge in [0.1, 0.15) is 0 Å². The summed E-state index contributed by atoms with van der Waals surface area (Å²) in [6.07, 6.45) is 3.80. The number of carboxylic acids is 1. The van der Waals surface area contributed by atoms with Gasteiger partial charge in [-0.15, -0.1) is 0 Å². The zero-order chi connectivity index (χ0) is 10.8. The molecule has 0 aromatic carbocycles. The van der Waals surface area contributed by atoms with Gasteiger partial charge in [0.15, 0.2) is 0 Å². The van der Waals surface area contributed by atoms with Crippen LogP contribution in [-0.2, 0) is 4.74 Å². The molecule has 0 amide bonds. The van der Waals surface area contributed by atoms with Crippen molar-refractivity contribution in [3.8, 4) is 0 Å². The molecule has 0 aliphatic carbocycles. The van der Waals surface area contributed by atoms with Crippen LogP contribution in [0.3, 0.4) is 0 Å². The van der Waals surface area contributed by atoms with E-state index in [1.165, 1.54) is 0 Å². The van der Waals surface area contributed by atoms with E-state index in [9.17, 15) is 4.79 Å². The molecule has 2 heterocycles. The fraction of sp³-hybridized carbons (Fsp3) is 0.545. The maximum atomic E-state index is 10.9. The highest BCUT2D eigenvalue weighted by Crippen LogP contribution is 2.24. The zero-order valence-corrected chi connectivity index (χ0v) is 8.77. The lowest BCUT2D eigenvalue weighted by Crippen LogP contribution is -2.20. The highest BCUT2D eigenvalue weighted by Gasteiger charge is 2.19. The number of carbonyl (C=O) groups is 1. The Morgan fingerprint density at radius 2 is 2.20 bits per heavy atom. The second kappa shape index (κ2) is 4.06. The van der Waals surface area contributed by atoms with E-state index >= 15 is 0 Å². The first kappa shape index (κ1) is 10.2. The average Bonchev–Trinajstić information content (AvgIpc) is 2.61. The molecular weight excluding hydrogens is 194 g/mol. The molecule has 0 unspecified atom stereocenters. The van der Waals surface area contributed by atoms with Gasteiger partial charge < -0.3 is 14.4 Å². The summed E-state index contributed by atoms with van der Waals surface area (Å²) in [4.78, 5) is 10.9.